The number of anilines is 1. The molecule has 4 heterocycles. The number of ether oxygens (including phenoxy) is 3. The summed E-state index contributed by atoms with van der Waals surface area (Å²) in [5.74, 6) is -4.48. The minimum absolute atomic E-state index is 0.0381. The molecule has 2 saturated heterocycles. The molecule has 10 nitrogen and oxygen atoms in total. The maximum absolute atomic E-state index is 14.4. The van der Waals surface area contributed by atoms with Gasteiger partial charge in [0.15, 0.2) is 0 Å². The molecule has 54 heavy (non-hydrogen) atoms. The number of pyridine rings is 1. The van der Waals surface area contributed by atoms with Gasteiger partial charge < -0.3 is 19.1 Å². The van der Waals surface area contributed by atoms with E-state index < -0.39 is 66.4 Å². The van der Waals surface area contributed by atoms with Crippen LogP contribution in [0.1, 0.15) is 72.1 Å². The molecule has 0 spiro atoms. The van der Waals surface area contributed by atoms with Gasteiger partial charge in [0.25, 0.3) is 5.92 Å². The van der Waals surface area contributed by atoms with Crippen LogP contribution in [0, 0.1) is 19.7 Å². The molecule has 6 rings (SSSR count). The number of benzene rings is 2. The molecule has 16 heteroatoms. The van der Waals surface area contributed by atoms with Gasteiger partial charge >= 0.3 is 18.2 Å². The van der Waals surface area contributed by atoms with Crippen molar-refractivity contribution < 1.29 is 50.1 Å². The third kappa shape index (κ3) is 7.78. The van der Waals surface area contributed by atoms with Gasteiger partial charge in [-0.05, 0) is 100 Å². The average molecular weight is 758 g/mol. The smallest absolute Gasteiger partial charge is 0.416 e. The summed E-state index contributed by atoms with van der Waals surface area (Å²) >= 11 is 0. The molecule has 2 aromatic heterocycles. The molecule has 0 bridgehead atoms. The van der Waals surface area contributed by atoms with E-state index >= 15 is 0 Å². The topological polar surface area (TPSA) is 107 Å². The van der Waals surface area contributed by atoms with Gasteiger partial charge in [0.05, 0.1) is 49.6 Å². The lowest BCUT2D eigenvalue weighted by Gasteiger charge is -2.38. The van der Waals surface area contributed by atoms with Gasteiger partial charge in [-0.1, -0.05) is 0 Å². The van der Waals surface area contributed by atoms with Crippen LogP contribution in [0.2, 0.25) is 0 Å². The van der Waals surface area contributed by atoms with E-state index in [1.165, 1.54) is 30.0 Å². The zero-order chi connectivity index (χ0) is 39.5. The summed E-state index contributed by atoms with van der Waals surface area (Å²) in [6.45, 7) is 8.95. The molecule has 2 aromatic carbocycles. The average Bonchev–Trinajstić information content (AvgIpc) is 3.33. The summed E-state index contributed by atoms with van der Waals surface area (Å²) in [4.78, 5) is 42.1. The Bertz CT molecular complexity index is 2110. The fraction of sp³-hybridized carbons (Fsp3) is 0.395. The van der Waals surface area contributed by atoms with E-state index in [1.54, 1.807) is 45.2 Å². The number of rotatable bonds is 8. The van der Waals surface area contributed by atoms with Crippen LogP contribution in [0.5, 0.6) is 5.88 Å². The van der Waals surface area contributed by atoms with Crippen molar-refractivity contribution in [3.05, 3.63) is 88.1 Å². The zero-order valence-corrected chi connectivity index (χ0v) is 30.4. The molecule has 286 valence electrons. The van der Waals surface area contributed by atoms with Crippen molar-refractivity contribution in [1.82, 2.24) is 19.9 Å². The molecule has 4 aromatic rings. The lowest BCUT2D eigenvalue weighted by atomic mass is 9.92. The number of hydrogen-bond donors (Lipinski definition) is 0. The standard InChI is InChI=1S/C38H37F6N5O5/c1-19-8-23(33(50)54-36(4,5)6)9-20(2)30(19)24-12-27(32(52-7)45-14-24)28-15-46-34(48-17-37(40,41)18-48)47-29(28)16-49-21(3)31(53-35(49)51)22-10-25(38(42,43)44)13-26(39)11-22/h8-15,21,31H,16-18H2,1-7H3/t21-,31-/m0/s1. The van der Waals surface area contributed by atoms with Crippen molar-refractivity contribution in [1.29, 1.82) is 0 Å². The van der Waals surface area contributed by atoms with Crippen LogP contribution in [0.4, 0.5) is 37.1 Å². The van der Waals surface area contributed by atoms with E-state index in [0.29, 0.717) is 28.3 Å². The highest BCUT2D eigenvalue weighted by atomic mass is 19.4. The first kappa shape index (κ1) is 38.3. The van der Waals surface area contributed by atoms with Gasteiger partial charge in [-0.2, -0.15) is 13.2 Å². The molecule has 2 fully saturated rings. The van der Waals surface area contributed by atoms with E-state index in [-0.39, 0.29) is 29.6 Å². The lowest BCUT2D eigenvalue weighted by molar-refractivity contribution is -0.137. The third-order valence-electron chi connectivity index (χ3n) is 9.06. The summed E-state index contributed by atoms with van der Waals surface area (Å²) in [5, 5.41) is 0. The zero-order valence-electron chi connectivity index (χ0n) is 30.4. The van der Waals surface area contributed by atoms with Gasteiger partial charge in [0, 0.05) is 29.1 Å². The van der Waals surface area contributed by atoms with Crippen molar-refractivity contribution in [2.24, 2.45) is 0 Å². The number of esters is 1. The predicted molar refractivity (Wildman–Crippen MR) is 185 cm³/mol. The third-order valence-corrected chi connectivity index (χ3v) is 9.06. The van der Waals surface area contributed by atoms with E-state index in [2.05, 4.69) is 15.0 Å². The van der Waals surface area contributed by atoms with E-state index in [1.807, 2.05) is 13.8 Å². The molecule has 0 saturated carbocycles. The second-order valence-corrected chi connectivity index (χ2v) is 14.5. The second-order valence-electron chi connectivity index (χ2n) is 14.5. The molecular weight excluding hydrogens is 720 g/mol. The fourth-order valence-electron chi connectivity index (χ4n) is 6.64. The Labute approximate surface area is 307 Å². The van der Waals surface area contributed by atoms with Crippen LogP contribution < -0.4 is 9.64 Å². The van der Waals surface area contributed by atoms with Crippen LogP contribution in [0.15, 0.2) is 48.8 Å². The summed E-state index contributed by atoms with van der Waals surface area (Å²) in [6, 6.07) is 6.21. The van der Waals surface area contributed by atoms with E-state index in [9.17, 15) is 35.9 Å². The number of hydrogen-bond acceptors (Lipinski definition) is 9. The van der Waals surface area contributed by atoms with Crippen LogP contribution in [-0.4, -0.2) is 69.7 Å². The summed E-state index contributed by atoms with van der Waals surface area (Å²) < 4.78 is 99.3. The first-order valence-corrected chi connectivity index (χ1v) is 16.9. The van der Waals surface area contributed by atoms with Gasteiger partial charge in [-0.3, -0.25) is 4.90 Å². The van der Waals surface area contributed by atoms with E-state index in [4.69, 9.17) is 14.2 Å². The molecule has 0 unspecified atom stereocenters. The van der Waals surface area contributed by atoms with Crippen molar-refractivity contribution in [3.8, 4) is 28.1 Å². The van der Waals surface area contributed by atoms with Crippen molar-refractivity contribution in [3.63, 3.8) is 0 Å². The minimum atomic E-state index is -4.85. The highest BCUT2D eigenvalue weighted by Crippen LogP contribution is 2.41. The number of alkyl halides is 5. The van der Waals surface area contributed by atoms with Crippen LogP contribution in [0.3, 0.4) is 0 Å². The highest BCUT2D eigenvalue weighted by Gasteiger charge is 2.46. The van der Waals surface area contributed by atoms with E-state index in [0.717, 1.165) is 28.8 Å². The summed E-state index contributed by atoms with van der Waals surface area (Å²) in [7, 11) is 1.40. The van der Waals surface area contributed by atoms with Crippen LogP contribution in [0.25, 0.3) is 22.3 Å². The molecule has 0 radical (unpaired) electrons. The first-order chi connectivity index (χ1) is 25.1. The number of methoxy groups -OCH3 is 1. The molecule has 0 aliphatic carbocycles. The van der Waals surface area contributed by atoms with Gasteiger partial charge in [-0.15, -0.1) is 0 Å². The maximum atomic E-state index is 14.4. The molecule has 2 atom stereocenters. The Kier molecular flexibility index (Phi) is 9.78. The number of aromatic nitrogens is 3. The Morgan fingerprint density at radius 3 is 2.24 bits per heavy atom. The SMILES string of the molecule is COc1ncc(-c2c(C)cc(C(=O)OC(C)(C)C)cc2C)cc1-c1cnc(N2CC(F)(F)C2)nc1CN1C(=O)O[C@H](c2cc(F)cc(C(F)(F)F)c2)[C@@H]1C. The maximum Gasteiger partial charge on any atom is 0.416 e. The molecular formula is C38H37F6N5O5. The predicted octanol–water partition coefficient (Wildman–Crippen LogP) is 8.48. The number of carbonyl (C=O) groups excluding carboxylic acids is 2. The van der Waals surface area contributed by atoms with Gasteiger partial charge in [-0.25, -0.2) is 37.7 Å². The number of carbonyl (C=O) groups is 2. The number of halogens is 6. The normalized spacial score (nSPS) is 18.4. The van der Waals surface area contributed by atoms with Gasteiger partial charge in [0.2, 0.25) is 11.8 Å². The highest BCUT2D eigenvalue weighted by molar-refractivity contribution is 5.92. The molecule has 0 N–H and O–H groups in total. The van der Waals surface area contributed by atoms with Crippen molar-refractivity contribution in [2.75, 3.05) is 25.1 Å². The quantitative estimate of drug-likeness (QED) is 0.129. The Hall–Kier alpha value is -5.41. The van der Waals surface area contributed by atoms with Crippen molar-refractivity contribution in [2.45, 2.75) is 77.9 Å². The summed E-state index contributed by atoms with van der Waals surface area (Å²) in [6.07, 6.45) is -4.06. The fourth-order valence-corrected chi connectivity index (χ4v) is 6.64. The number of amides is 1. The largest absolute Gasteiger partial charge is 0.481 e. The Balaban J connectivity index is 1.40. The first-order valence-electron chi connectivity index (χ1n) is 16.9. The monoisotopic (exact) mass is 757 g/mol. The molecule has 2 aliphatic rings. The second kappa shape index (κ2) is 13.8. The van der Waals surface area contributed by atoms with Crippen molar-refractivity contribution >= 4 is 18.0 Å². The van der Waals surface area contributed by atoms with Crippen LogP contribution >= 0.6 is 0 Å². The summed E-state index contributed by atoms with van der Waals surface area (Å²) in [5.41, 5.74) is 1.95. The van der Waals surface area contributed by atoms with Crippen LogP contribution in [-0.2, 0) is 22.2 Å². The minimum Gasteiger partial charge on any atom is -0.481 e. The molecule has 2 aliphatic heterocycles. The van der Waals surface area contributed by atoms with Gasteiger partial charge in [0.1, 0.15) is 17.5 Å². The molecule has 1 amide bonds. The number of aryl methyl sites for hydroxylation is 2. The number of cyclic esters (lactones) is 1. The Morgan fingerprint density at radius 1 is 0.981 bits per heavy atom. The lowest BCUT2D eigenvalue weighted by Crippen LogP contribution is -2.57. The number of nitrogens with zero attached hydrogens (tertiary/aromatic N) is 5. The Morgan fingerprint density at radius 2 is 1.65 bits per heavy atom.